The van der Waals surface area contributed by atoms with Gasteiger partial charge in [0, 0.05) is 49.5 Å². The van der Waals surface area contributed by atoms with Gasteiger partial charge in [0.05, 0.1) is 6.42 Å². The summed E-state index contributed by atoms with van der Waals surface area (Å²) in [5, 5.41) is 10.4. The molecule has 0 saturated carbocycles. The molecule has 0 unspecified atom stereocenters. The Kier molecular flexibility index (Phi) is 6.07. The van der Waals surface area contributed by atoms with Crippen molar-refractivity contribution in [3.63, 3.8) is 0 Å². The van der Waals surface area contributed by atoms with Crippen molar-refractivity contribution < 1.29 is 4.79 Å². The van der Waals surface area contributed by atoms with E-state index in [9.17, 15) is 4.79 Å². The third kappa shape index (κ3) is 5.16. The predicted molar refractivity (Wildman–Crippen MR) is 122 cm³/mol. The highest BCUT2D eigenvalue weighted by Crippen LogP contribution is 2.20. The van der Waals surface area contributed by atoms with Gasteiger partial charge in [-0.05, 0) is 36.2 Å². The maximum Gasteiger partial charge on any atom is 0.224 e. The number of aryl methyl sites for hydroxylation is 2. The summed E-state index contributed by atoms with van der Waals surface area (Å²) < 4.78 is 2.05. The number of aromatic nitrogens is 4. The lowest BCUT2D eigenvalue weighted by molar-refractivity contribution is -0.120. The summed E-state index contributed by atoms with van der Waals surface area (Å²) in [6, 6.07) is 13.8. The van der Waals surface area contributed by atoms with Crippen LogP contribution < -0.4 is 16.0 Å². The number of nitrogens with zero attached hydrogens (tertiary/aromatic N) is 4. The summed E-state index contributed by atoms with van der Waals surface area (Å²) >= 11 is 0. The minimum absolute atomic E-state index is 0.00582. The molecule has 0 aliphatic rings. The first-order valence-electron chi connectivity index (χ1n) is 10.1. The Labute approximate surface area is 180 Å². The number of pyridine rings is 1. The summed E-state index contributed by atoms with van der Waals surface area (Å²) in [4.78, 5) is 25.1. The molecule has 0 aliphatic heterocycles. The van der Waals surface area contributed by atoms with Gasteiger partial charge >= 0.3 is 0 Å². The Balaban J connectivity index is 1.26. The average molecular weight is 416 g/mol. The zero-order valence-electron chi connectivity index (χ0n) is 17.6. The number of fused-ring (bicyclic) bond motifs is 1. The molecular weight excluding hydrogens is 390 g/mol. The van der Waals surface area contributed by atoms with Crippen molar-refractivity contribution in [3.8, 4) is 0 Å². The first-order chi connectivity index (χ1) is 15.1. The van der Waals surface area contributed by atoms with E-state index in [1.165, 1.54) is 6.33 Å². The quantitative estimate of drug-likeness (QED) is 0.383. The van der Waals surface area contributed by atoms with Crippen LogP contribution in [0.25, 0.3) is 10.9 Å². The molecule has 4 rings (SSSR count). The van der Waals surface area contributed by atoms with Gasteiger partial charge in [-0.15, -0.1) is 0 Å². The van der Waals surface area contributed by atoms with E-state index in [0.29, 0.717) is 31.1 Å². The molecule has 3 aromatic heterocycles. The van der Waals surface area contributed by atoms with E-state index in [2.05, 4.69) is 37.0 Å². The smallest absolute Gasteiger partial charge is 0.224 e. The number of nitrogens with one attached hydrogen (secondary N) is 3. The molecule has 4 aromatic rings. The van der Waals surface area contributed by atoms with E-state index in [1.54, 1.807) is 6.20 Å². The Morgan fingerprint density at radius 3 is 2.68 bits per heavy atom. The van der Waals surface area contributed by atoms with E-state index in [0.717, 1.165) is 27.8 Å². The highest BCUT2D eigenvalue weighted by Gasteiger charge is 2.10. The summed E-state index contributed by atoms with van der Waals surface area (Å²) in [6.45, 7) is 3.06. The van der Waals surface area contributed by atoms with Crippen LogP contribution in [0.3, 0.4) is 0 Å². The van der Waals surface area contributed by atoms with Gasteiger partial charge in [-0.1, -0.05) is 18.2 Å². The van der Waals surface area contributed by atoms with Crippen LogP contribution in [0, 0.1) is 6.92 Å². The lowest BCUT2D eigenvalue weighted by Crippen LogP contribution is -2.30. The molecule has 0 atom stereocenters. The predicted octanol–water partition coefficient (Wildman–Crippen LogP) is 3.19. The van der Waals surface area contributed by atoms with Crippen molar-refractivity contribution in [2.24, 2.45) is 7.05 Å². The van der Waals surface area contributed by atoms with Crippen LogP contribution in [0.2, 0.25) is 0 Å². The average Bonchev–Trinajstić information content (AvgIpc) is 3.07. The van der Waals surface area contributed by atoms with E-state index < -0.39 is 0 Å². The fourth-order valence-electron chi connectivity index (χ4n) is 3.45. The first kappa shape index (κ1) is 20.3. The lowest BCUT2D eigenvalue weighted by atomic mass is 10.1. The van der Waals surface area contributed by atoms with Crippen molar-refractivity contribution in [2.75, 3.05) is 23.7 Å². The number of carbonyl (C=O) groups excluding carboxylic acids is 1. The molecular formula is C23H25N7O. The Hall–Kier alpha value is -3.94. The lowest BCUT2D eigenvalue weighted by Gasteiger charge is -2.09. The van der Waals surface area contributed by atoms with E-state index >= 15 is 0 Å². The van der Waals surface area contributed by atoms with E-state index in [-0.39, 0.29) is 5.91 Å². The van der Waals surface area contributed by atoms with Crippen LogP contribution >= 0.6 is 0 Å². The number of carbonyl (C=O) groups is 1. The van der Waals surface area contributed by atoms with Crippen LogP contribution in [0.15, 0.2) is 61.2 Å². The molecule has 158 valence electrons. The van der Waals surface area contributed by atoms with Gasteiger partial charge in [-0.25, -0.2) is 15.0 Å². The largest absolute Gasteiger partial charge is 0.368 e. The number of amides is 1. The van der Waals surface area contributed by atoms with Gasteiger partial charge in [0.25, 0.3) is 0 Å². The van der Waals surface area contributed by atoms with Crippen LogP contribution in [0.5, 0.6) is 0 Å². The fraction of sp³-hybridized carbons (Fsp3) is 0.217. The van der Waals surface area contributed by atoms with E-state index in [4.69, 9.17) is 0 Å². The van der Waals surface area contributed by atoms with Gasteiger partial charge in [0.15, 0.2) is 0 Å². The van der Waals surface area contributed by atoms with Crippen molar-refractivity contribution in [1.29, 1.82) is 0 Å². The van der Waals surface area contributed by atoms with Crippen LogP contribution in [-0.2, 0) is 18.3 Å². The molecule has 8 heteroatoms. The minimum atomic E-state index is -0.00582. The molecule has 0 aliphatic carbocycles. The summed E-state index contributed by atoms with van der Waals surface area (Å²) in [6.07, 6.45) is 5.60. The number of benzene rings is 1. The maximum atomic E-state index is 12.4. The van der Waals surface area contributed by atoms with Gasteiger partial charge in [0.2, 0.25) is 5.91 Å². The Morgan fingerprint density at radius 2 is 1.81 bits per heavy atom. The zero-order valence-corrected chi connectivity index (χ0v) is 17.6. The molecule has 3 N–H and O–H groups in total. The van der Waals surface area contributed by atoms with Crippen molar-refractivity contribution in [1.82, 2.24) is 24.8 Å². The standard InChI is InChI=1S/C23H25N7O/c1-16-7-8-24-21(11-16)29-22-13-20(27-15-28-22)25-9-10-26-23(31)12-17-14-30(2)19-6-4-3-5-18(17)19/h3-8,11,13-15H,9-10,12H2,1-2H3,(H,26,31)(H2,24,25,27,28,29). The fourth-order valence-corrected chi connectivity index (χ4v) is 3.45. The maximum absolute atomic E-state index is 12.4. The Bertz CT molecular complexity index is 1200. The number of hydrogen-bond acceptors (Lipinski definition) is 6. The number of hydrogen-bond donors (Lipinski definition) is 3. The second kappa shape index (κ2) is 9.25. The van der Waals surface area contributed by atoms with Crippen molar-refractivity contribution >= 4 is 34.3 Å². The molecule has 0 saturated heterocycles. The van der Waals surface area contributed by atoms with Crippen molar-refractivity contribution in [2.45, 2.75) is 13.3 Å². The summed E-state index contributed by atoms with van der Waals surface area (Å²) in [5.74, 6) is 2.04. The number of para-hydroxylation sites is 1. The summed E-state index contributed by atoms with van der Waals surface area (Å²) in [7, 11) is 1.99. The summed E-state index contributed by atoms with van der Waals surface area (Å²) in [5.41, 5.74) is 3.27. The first-order valence-corrected chi connectivity index (χ1v) is 10.1. The minimum Gasteiger partial charge on any atom is -0.368 e. The van der Waals surface area contributed by atoms with Gasteiger partial charge in [0.1, 0.15) is 23.8 Å². The van der Waals surface area contributed by atoms with Crippen LogP contribution in [0.1, 0.15) is 11.1 Å². The van der Waals surface area contributed by atoms with Gasteiger partial charge in [-0.3, -0.25) is 4.79 Å². The molecule has 1 amide bonds. The van der Waals surface area contributed by atoms with E-state index in [1.807, 2.05) is 61.1 Å². The molecule has 0 bridgehead atoms. The monoisotopic (exact) mass is 415 g/mol. The molecule has 8 nitrogen and oxygen atoms in total. The Morgan fingerprint density at radius 1 is 1.00 bits per heavy atom. The van der Waals surface area contributed by atoms with Gasteiger partial charge in [-0.2, -0.15) is 0 Å². The topological polar surface area (TPSA) is 96.8 Å². The molecule has 0 radical (unpaired) electrons. The molecule has 3 heterocycles. The van der Waals surface area contributed by atoms with Crippen LogP contribution in [0.4, 0.5) is 17.5 Å². The third-order valence-electron chi connectivity index (χ3n) is 4.92. The van der Waals surface area contributed by atoms with Gasteiger partial charge < -0.3 is 20.5 Å². The zero-order chi connectivity index (χ0) is 21.6. The molecule has 1 aromatic carbocycles. The second-order valence-corrected chi connectivity index (χ2v) is 7.37. The molecule has 0 spiro atoms. The molecule has 0 fully saturated rings. The highest BCUT2D eigenvalue weighted by atomic mass is 16.1. The third-order valence-corrected chi connectivity index (χ3v) is 4.92. The number of anilines is 3. The second-order valence-electron chi connectivity index (χ2n) is 7.37. The normalized spacial score (nSPS) is 10.8. The number of rotatable bonds is 8. The van der Waals surface area contributed by atoms with Crippen molar-refractivity contribution in [3.05, 3.63) is 72.3 Å². The van der Waals surface area contributed by atoms with Crippen LogP contribution in [-0.4, -0.2) is 38.5 Å². The highest BCUT2D eigenvalue weighted by molar-refractivity contribution is 5.89. The molecule has 31 heavy (non-hydrogen) atoms. The SMILES string of the molecule is Cc1ccnc(Nc2cc(NCCNC(=O)Cc3cn(C)c4ccccc34)ncn2)c1.